The van der Waals surface area contributed by atoms with Crippen LogP contribution < -0.4 is 4.90 Å². The number of benzene rings is 1. The Morgan fingerprint density at radius 3 is 2.77 bits per heavy atom. The van der Waals surface area contributed by atoms with Crippen molar-refractivity contribution in [3.8, 4) is 0 Å². The van der Waals surface area contributed by atoms with Crippen LogP contribution in [0.4, 0.5) is 10.5 Å². The molecule has 0 radical (unpaired) electrons. The molecule has 1 heterocycles. The fourth-order valence-corrected chi connectivity index (χ4v) is 3.69. The first-order valence-corrected chi connectivity index (χ1v) is 8.02. The maximum Gasteiger partial charge on any atom is 0.331 e. The van der Waals surface area contributed by atoms with E-state index in [1.165, 1.54) is 4.90 Å². The molecule has 4 nitrogen and oxygen atoms in total. The van der Waals surface area contributed by atoms with Gasteiger partial charge >= 0.3 is 6.03 Å². The zero-order valence-electron chi connectivity index (χ0n) is 12.4. The normalized spacial score (nSPS) is 25.1. The second kappa shape index (κ2) is 6.13. The third kappa shape index (κ3) is 2.52. The average molecular weight is 319 g/mol. The summed E-state index contributed by atoms with van der Waals surface area (Å²) in [7, 11) is 0. The van der Waals surface area contributed by atoms with Crippen molar-refractivity contribution in [3.05, 3.63) is 41.9 Å². The van der Waals surface area contributed by atoms with Crippen LogP contribution in [-0.4, -0.2) is 29.4 Å². The summed E-state index contributed by atoms with van der Waals surface area (Å²) in [6.45, 7) is 4.20. The Kier molecular flexibility index (Phi) is 4.21. The number of hydrogen-bond donors (Lipinski definition) is 0. The molecule has 1 aliphatic heterocycles. The lowest BCUT2D eigenvalue weighted by molar-refractivity contribution is -0.126. The van der Waals surface area contributed by atoms with Crippen molar-refractivity contribution in [1.29, 1.82) is 0 Å². The van der Waals surface area contributed by atoms with Gasteiger partial charge in [-0.15, -0.1) is 6.58 Å². The van der Waals surface area contributed by atoms with E-state index in [0.29, 0.717) is 17.3 Å². The summed E-state index contributed by atoms with van der Waals surface area (Å²) in [5.74, 6) is -0.220. The Hall–Kier alpha value is -1.81. The largest absolute Gasteiger partial charge is 0.331 e. The first kappa shape index (κ1) is 15.1. The van der Waals surface area contributed by atoms with E-state index >= 15 is 0 Å². The maximum absolute atomic E-state index is 12.8. The van der Waals surface area contributed by atoms with Crippen molar-refractivity contribution in [2.45, 2.75) is 31.7 Å². The summed E-state index contributed by atoms with van der Waals surface area (Å²) < 4.78 is 0. The van der Waals surface area contributed by atoms with Crippen molar-refractivity contribution in [3.63, 3.8) is 0 Å². The third-order valence-corrected chi connectivity index (χ3v) is 4.73. The van der Waals surface area contributed by atoms with Crippen LogP contribution in [0.3, 0.4) is 0 Å². The number of fused-ring (bicyclic) bond motifs is 1. The zero-order chi connectivity index (χ0) is 15.7. The number of urea groups is 1. The van der Waals surface area contributed by atoms with Gasteiger partial charge in [-0.05, 0) is 31.0 Å². The maximum atomic E-state index is 12.8. The number of halogens is 1. The summed E-state index contributed by atoms with van der Waals surface area (Å²) in [5.41, 5.74) is 0.542. The molecule has 116 valence electrons. The summed E-state index contributed by atoms with van der Waals surface area (Å²) in [4.78, 5) is 28.7. The molecule has 2 atom stereocenters. The van der Waals surface area contributed by atoms with Gasteiger partial charge in [0.1, 0.15) is 0 Å². The molecule has 3 rings (SSSR count). The molecular weight excluding hydrogens is 300 g/mol. The number of imide groups is 1. The number of carbonyl (C=O) groups excluding carboxylic acids is 2. The molecule has 1 aromatic carbocycles. The fraction of sp³-hybridized carbons (Fsp3) is 0.412. The van der Waals surface area contributed by atoms with Gasteiger partial charge < -0.3 is 4.90 Å². The molecule has 1 saturated heterocycles. The molecule has 3 amide bonds. The minimum absolute atomic E-state index is 0.00202. The van der Waals surface area contributed by atoms with Gasteiger partial charge in [0.25, 0.3) is 0 Å². The molecule has 2 aliphatic rings. The van der Waals surface area contributed by atoms with Gasteiger partial charge in [0.2, 0.25) is 5.91 Å². The molecule has 2 fully saturated rings. The number of anilines is 1. The van der Waals surface area contributed by atoms with E-state index in [2.05, 4.69) is 6.58 Å². The molecule has 0 bridgehead atoms. The van der Waals surface area contributed by atoms with Gasteiger partial charge in [-0.3, -0.25) is 4.79 Å². The minimum atomic E-state index is -0.268. The lowest BCUT2D eigenvalue weighted by Crippen LogP contribution is -2.62. The Balaban J connectivity index is 2.00. The number of nitrogens with zero attached hydrogens (tertiary/aromatic N) is 2. The predicted molar refractivity (Wildman–Crippen MR) is 87.0 cm³/mol. The molecule has 0 spiro atoms. The van der Waals surface area contributed by atoms with Crippen molar-refractivity contribution in [1.82, 2.24) is 4.90 Å². The van der Waals surface area contributed by atoms with E-state index in [1.807, 2.05) is 0 Å². The van der Waals surface area contributed by atoms with Crippen LogP contribution in [0.25, 0.3) is 0 Å². The SMILES string of the molecule is C=CCN1C(=O)N(c2cccc(Cl)c2)C(=O)C2CCCCC21. The smallest absolute Gasteiger partial charge is 0.316 e. The number of amides is 3. The predicted octanol–water partition coefficient (Wildman–Crippen LogP) is 3.85. The first-order chi connectivity index (χ1) is 10.6. The Morgan fingerprint density at radius 1 is 1.27 bits per heavy atom. The summed E-state index contributed by atoms with van der Waals surface area (Å²) in [5, 5.41) is 0.513. The van der Waals surface area contributed by atoms with E-state index in [1.54, 1.807) is 35.2 Å². The number of hydrogen-bond acceptors (Lipinski definition) is 2. The molecule has 1 aromatic rings. The van der Waals surface area contributed by atoms with Gasteiger partial charge in [-0.25, -0.2) is 9.69 Å². The number of carbonyl (C=O) groups is 2. The van der Waals surface area contributed by atoms with Crippen LogP contribution in [-0.2, 0) is 4.79 Å². The molecule has 0 aromatic heterocycles. The van der Waals surface area contributed by atoms with Gasteiger partial charge in [0, 0.05) is 17.6 Å². The van der Waals surface area contributed by atoms with E-state index in [9.17, 15) is 9.59 Å². The quantitative estimate of drug-likeness (QED) is 0.794. The van der Waals surface area contributed by atoms with Gasteiger partial charge in [0.15, 0.2) is 0 Å². The standard InChI is InChI=1S/C17H19ClN2O2/c1-2-10-19-15-9-4-3-8-14(15)16(21)20(17(19)22)13-7-5-6-12(18)11-13/h2,5-7,11,14-15H,1,3-4,8-10H2. The summed E-state index contributed by atoms with van der Waals surface area (Å²) >= 11 is 6.02. The third-order valence-electron chi connectivity index (χ3n) is 4.50. The second-order valence-electron chi connectivity index (χ2n) is 5.84. The fourth-order valence-electron chi connectivity index (χ4n) is 3.51. The second-order valence-corrected chi connectivity index (χ2v) is 6.27. The van der Waals surface area contributed by atoms with E-state index in [0.717, 1.165) is 25.7 Å². The monoisotopic (exact) mass is 318 g/mol. The molecule has 2 unspecified atom stereocenters. The highest BCUT2D eigenvalue weighted by Gasteiger charge is 2.47. The molecule has 22 heavy (non-hydrogen) atoms. The Bertz CT molecular complexity index is 616. The van der Waals surface area contributed by atoms with Crippen molar-refractivity contribution in [2.24, 2.45) is 5.92 Å². The average Bonchev–Trinajstić information content (AvgIpc) is 2.52. The molecule has 5 heteroatoms. The Morgan fingerprint density at radius 2 is 2.05 bits per heavy atom. The Labute approximate surface area is 135 Å². The van der Waals surface area contributed by atoms with Crippen LogP contribution in [0.2, 0.25) is 5.02 Å². The van der Waals surface area contributed by atoms with E-state index in [-0.39, 0.29) is 23.9 Å². The lowest BCUT2D eigenvalue weighted by Gasteiger charge is -2.46. The highest BCUT2D eigenvalue weighted by molar-refractivity contribution is 6.31. The topological polar surface area (TPSA) is 40.6 Å². The van der Waals surface area contributed by atoms with E-state index in [4.69, 9.17) is 11.6 Å². The lowest BCUT2D eigenvalue weighted by atomic mass is 9.81. The molecule has 1 saturated carbocycles. The van der Waals surface area contributed by atoms with Crippen LogP contribution in [0.1, 0.15) is 25.7 Å². The zero-order valence-corrected chi connectivity index (χ0v) is 13.1. The summed E-state index contributed by atoms with van der Waals surface area (Å²) in [6.07, 6.45) is 5.54. The van der Waals surface area contributed by atoms with Gasteiger partial charge in [-0.2, -0.15) is 0 Å². The van der Waals surface area contributed by atoms with Crippen LogP contribution >= 0.6 is 11.6 Å². The summed E-state index contributed by atoms with van der Waals surface area (Å²) in [6, 6.07) is 6.62. The van der Waals surface area contributed by atoms with Crippen LogP contribution in [0.15, 0.2) is 36.9 Å². The van der Waals surface area contributed by atoms with E-state index < -0.39 is 0 Å². The number of rotatable bonds is 3. The minimum Gasteiger partial charge on any atom is -0.316 e. The van der Waals surface area contributed by atoms with Crippen LogP contribution in [0.5, 0.6) is 0 Å². The van der Waals surface area contributed by atoms with Gasteiger partial charge in [0.05, 0.1) is 11.6 Å². The highest BCUT2D eigenvalue weighted by atomic mass is 35.5. The first-order valence-electron chi connectivity index (χ1n) is 7.64. The van der Waals surface area contributed by atoms with Crippen molar-refractivity contribution in [2.75, 3.05) is 11.4 Å². The highest BCUT2D eigenvalue weighted by Crippen LogP contribution is 2.36. The van der Waals surface area contributed by atoms with Crippen LogP contribution in [0, 0.1) is 5.92 Å². The van der Waals surface area contributed by atoms with Crippen molar-refractivity contribution >= 4 is 29.2 Å². The van der Waals surface area contributed by atoms with Crippen molar-refractivity contribution < 1.29 is 9.59 Å². The molecule has 0 N–H and O–H groups in total. The van der Waals surface area contributed by atoms with Gasteiger partial charge in [-0.1, -0.05) is 36.6 Å². The molecular formula is C17H19ClN2O2. The molecule has 1 aliphatic carbocycles.